The van der Waals surface area contributed by atoms with Crippen molar-refractivity contribution in [1.29, 1.82) is 0 Å². The zero-order chi connectivity index (χ0) is 17.8. The van der Waals surface area contributed by atoms with Crippen molar-refractivity contribution in [2.24, 2.45) is 5.92 Å². The Bertz CT molecular complexity index is 710. The van der Waals surface area contributed by atoms with E-state index in [0.717, 1.165) is 18.7 Å². The van der Waals surface area contributed by atoms with Crippen LogP contribution in [0.3, 0.4) is 0 Å². The molecule has 1 aliphatic rings. The Labute approximate surface area is 147 Å². The molecule has 0 spiro atoms. The first-order valence-electron chi connectivity index (χ1n) is 8.57. The number of ether oxygens (including phenoxy) is 2. The van der Waals surface area contributed by atoms with Gasteiger partial charge in [0, 0.05) is 18.4 Å². The van der Waals surface area contributed by atoms with Crippen molar-refractivity contribution >= 4 is 5.97 Å². The standard InChI is InChI=1S/C19H24N2O4/c1-4-16-17(20-12-25-16)19(22)24-11-14-9-10-21(2)18(14)13-5-7-15(23-3)8-6-13/h5-8,12,14,18H,4,9-11H2,1-3H3/t14-,18+/m1/s1. The average Bonchev–Trinajstić information content (AvgIpc) is 3.26. The second-order valence-corrected chi connectivity index (χ2v) is 6.32. The molecule has 1 saturated heterocycles. The van der Waals surface area contributed by atoms with Crippen LogP contribution in [0.15, 0.2) is 35.1 Å². The first-order valence-corrected chi connectivity index (χ1v) is 8.57. The molecule has 1 fully saturated rings. The maximum absolute atomic E-state index is 12.3. The Morgan fingerprint density at radius 1 is 1.36 bits per heavy atom. The highest BCUT2D eigenvalue weighted by molar-refractivity contribution is 5.88. The predicted molar refractivity (Wildman–Crippen MR) is 92.6 cm³/mol. The van der Waals surface area contributed by atoms with Gasteiger partial charge in [-0.1, -0.05) is 19.1 Å². The largest absolute Gasteiger partial charge is 0.497 e. The normalized spacial score (nSPS) is 20.6. The van der Waals surface area contributed by atoms with Gasteiger partial charge >= 0.3 is 5.97 Å². The van der Waals surface area contributed by atoms with Gasteiger partial charge in [-0.25, -0.2) is 9.78 Å². The quantitative estimate of drug-likeness (QED) is 0.750. The fourth-order valence-electron chi connectivity index (χ4n) is 3.47. The van der Waals surface area contributed by atoms with Crippen molar-refractivity contribution in [2.75, 3.05) is 27.3 Å². The Morgan fingerprint density at radius 2 is 2.12 bits per heavy atom. The van der Waals surface area contributed by atoms with Crippen LogP contribution < -0.4 is 4.74 Å². The molecule has 2 aromatic rings. The number of hydrogen-bond acceptors (Lipinski definition) is 6. The number of hydrogen-bond donors (Lipinski definition) is 0. The van der Waals surface area contributed by atoms with Crippen LogP contribution in [0.2, 0.25) is 0 Å². The van der Waals surface area contributed by atoms with Crippen LogP contribution in [0.25, 0.3) is 0 Å². The van der Waals surface area contributed by atoms with E-state index in [2.05, 4.69) is 29.1 Å². The minimum atomic E-state index is -0.409. The van der Waals surface area contributed by atoms with Crippen molar-refractivity contribution in [3.63, 3.8) is 0 Å². The highest BCUT2D eigenvalue weighted by atomic mass is 16.5. The molecule has 1 aliphatic heterocycles. The fourth-order valence-corrected chi connectivity index (χ4v) is 3.47. The van der Waals surface area contributed by atoms with Crippen molar-refractivity contribution in [1.82, 2.24) is 9.88 Å². The third-order valence-corrected chi connectivity index (χ3v) is 4.82. The molecule has 0 radical (unpaired) electrons. The Kier molecular flexibility index (Phi) is 5.38. The molecular formula is C19H24N2O4. The van der Waals surface area contributed by atoms with Crippen molar-refractivity contribution < 1.29 is 18.7 Å². The van der Waals surface area contributed by atoms with Gasteiger partial charge in [0.15, 0.2) is 12.1 Å². The van der Waals surface area contributed by atoms with Crippen molar-refractivity contribution in [2.45, 2.75) is 25.8 Å². The molecule has 0 bridgehead atoms. The molecule has 0 unspecified atom stereocenters. The summed E-state index contributed by atoms with van der Waals surface area (Å²) in [6.45, 7) is 3.27. The number of rotatable bonds is 6. The van der Waals surface area contributed by atoms with E-state index in [9.17, 15) is 4.79 Å². The Balaban J connectivity index is 1.67. The molecule has 0 N–H and O–H groups in total. The average molecular weight is 344 g/mol. The van der Waals surface area contributed by atoms with E-state index in [1.54, 1.807) is 7.11 Å². The predicted octanol–water partition coefficient (Wildman–Crippen LogP) is 3.10. The summed E-state index contributed by atoms with van der Waals surface area (Å²) in [5.74, 6) is 1.25. The van der Waals surface area contributed by atoms with Gasteiger partial charge in [-0.3, -0.25) is 4.90 Å². The Hall–Kier alpha value is -2.34. The highest BCUT2D eigenvalue weighted by Crippen LogP contribution is 2.37. The van der Waals surface area contributed by atoms with Gasteiger partial charge in [0.05, 0.1) is 13.7 Å². The summed E-state index contributed by atoms with van der Waals surface area (Å²) in [6.07, 6.45) is 2.89. The maximum atomic E-state index is 12.3. The first-order chi connectivity index (χ1) is 12.1. The summed E-state index contributed by atoms with van der Waals surface area (Å²) in [5, 5.41) is 0. The fraction of sp³-hybridized carbons (Fsp3) is 0.474. The molecule has 3 rings (SSSR count). The van der Waals surface area contributed by atoms with Crippen molar-refractivity contribution in [3.05, 3.63) is 47.7 Å². The number of likely N-dealkylation sites (tertiary alicyclic amines) is 1. The van der Waals surface area contributed by atoms with Gasteiger partial charge < -0.3 is 13.9 Å². The van der Waals surface area contributed by atoms with Crippen molar-refractivity contribution in [3.8, 4) is 5.75 Å². The highest BCUT2D eigenvalue weighted by Gasteiger charge is 2.34. The number of carbonyl (C=O) groups is 1. The molecule has 0 aliphatic carbocycles. The molecule has 2 heterocycles. The second kappa shape index (κ2) is 7.70. The van der Waals surface area contributed by atoms with Gasteiger partial charge in [-0.2, -0.15) is 0 Å². The number of carbonyl (C=O) groups excluding carboxylic acids is 1. The second-order valence-electron chi connectivity index (χ2n) is 6.32. The van der Waals surface area contributed by atoms with Crippen LogP contribution in [0.1, 0.15) is 41.2 Å². The zero-order valence-corrected chi connectivity index (χ0v) is 14.9. The molecule has 0 saturated carbocycles. The summed E-state index contributed by atoms with van der Waals surface area (Å²) in [6, 6.07) is 8.31. The molecule has 0 amide bonds. The zero-order valence-electron chi connectivity index (χ0n) is 14.9. The van der Waals surface area contributed by atoms with Crippen LogP contribution in [-0.4, -0.2) is 43.2 Å². The summed E-state index contributed by atoms with van der Waals surface area (Å²) in [7, 11) is 3.76. The van der Waals surface area contributed by atoms with E-state index in [4.69, 9.17) is 13.9 Å². The van der Waals surface area contributed by atoms with E-state index in [-0.39, 0.29) is 17.7 Å². The summed E-state index contributed by atoms with van der Waals surface area (Å²) < 4.78 is 16.0. The number of oxazole rings is 1. The Morgan fingerprint density at radius 3 is 2.80 bits per heavy atom. The van der Waals surface area contributed by atoms with E-state index in [0.29, 0.717) is 18.8 Å². The first kappa shape index (κ1) is 17.5. The molecule has 25 heavy (non-hydrogen) atoms. The SMILES string of the molecule is CCc1ocnc1C(=O)OC[C@H]1CCN(C)[C@H]1c1ccc(OC)cc1. The summed E-state index contributed by atoms with van der Waals surface area (Å²) >= 11 is 0. The van der Waals surface area contributed by atoms with E-state index < -0.39 is 5.97 Å². The third kappa shape index (κ3) is 3.69. The lowest BCUT2D eigenvalue weighted by Crippen LogP contribution is -2.24. The topological polar surface area (TPSA) is 64.8 Å². The lowest BCUT2D eigenvalue weighted by atomic mass is 9.94. The van der Waals surface area contributed by atoms with E-state index >= 15 is 0 Å². The molecular weight excluding hydrogens is 320 g/mol. The molecule has 1 aromatic heterocycles. The van der Waals surface area contributed by atoms with Crippen LogP contribution in [0.5, 0.6) is 5.75 Å². The van der Waals surface area contributed by atoms with Crippen LogP contribution >= 0.6 is 0 Å². The number of methoxy groups -OCH3 is 1. The number of aryl methyl sites for hydroxylation is 1. The minimum Gasteiger partial charge on any atom is -0.497 e. The smallest absolute Gasteiger partial charge is 0.360 e. The maximum Gasteiger partial charge on any atom is 0.360 e. The lowest BCUT2D eigenvalue weighted by molar-refractivity contribution is 0.0403. The van der Waals surface area contributed by atoms with Gasteiger partial charge in [-0.15, -0.1) is 0 Å². The van der Waals surface area contributed by atoms with Gasteiger partial charge in [0.1, 0.15) is 11.5 Å². The molecule has 1 aromatic carbocycles. The van der Waals surface area contributed by atoms with E-state index in [1.807, 2.05) is 19.1 Å². The molecule has 6 nitrogen and oxygen atoms in total. The van der Waals surface area contributed by atoms with Crippen LogP contribution in [-0.2, 0) is 11.2 Å². The summed E-state index contributed by atoms with van der Waals surface area (Å²) in [4.78, 5) is 18.6. The minimum absolute atomic E-state index is 0.224. The molecule has 134 valence electrons. The number of aromatic nitrogens is 1. The number of benzene rings is 1. The van der Waals surface area contributed by atoms with Crippen LogP contribution in [0.4, 0.5) is 0 Å². The molecule has 2 atom stereocenters. The van der Waals surface area contributed by atoms with Gasteiger partial charge in [0.25, 0.3) is 0 Å². The van der Waals surface area contributed by atoms with Gasteiger partial charge in [-0.05, 0) is 37.7 Å². The van der Waals surface area contributed by atoms with Gasteiger partial charge in [0.2, 0.25) is 0 Å². The number of nitrogens with zero attached hydrogens (tertiary/aromatic N) is 2. The third-order valence-electron chi connectivity index (χ3n) is 4.82. The van der Waals surface area contributed by atoms with E-state index in [1.165, 1.54) is 12.0 Å². The van der Waals surface area contributed by atoms with Crippen LogP contribution in [0, 0.1) is 5.92 Å². The molecule has 6 heteroatoms. The monoisotopic (exact) mass is 344 g/mol. The summed E-state index contributed by atoms with van der Waals surface area (Å²) in [5.41, 5.74) is 1.49. The lowest BCUT2D eigenvalue weighted by Gasteiger charge is -2.25. The number of esters is 1.